The second-order valence-corrected chi connectivity index (χ2v) is 14.1. The molecule has 0 bridgehead atoms. The van der Waals surface area contributed by atoms with Crippen LogP contribution in [0.15, 0.2) is 194 Å². The van der Waals surface area contributed by atoms with Crippen molar-refractivity contribution in [3.63, 3.8) is 0 Å². The number of ether oxygens (including phenoxy) is 2. The Balaban J connectivity index is 1.00. The van der Waals surface area contributed by atoms with E-state index in [0.29, 0.717) is 28.8 Å². The van der Waals surface area contributed by atoms with Gasteiger partial charge in [-0.2, -0.15) is 0 Å². The van der Waals surface area contributed by atoms with Crippen molar-refractivity contribution < 1.29 is 9.47 Å². The van der Waals surface area contributed by atoms with Crippen LogP contribution >= 0.6 is 0 Å². The lowest BCUT2D eigenvalue weighted by Gasteiger charge is -2.34. The van der Waals surface area contributed by atoms with Crippen molar-refractivity contribution in [3.8, 4) is 67.9 Å². The van der Waals surface area contributed by atoms with Crippen molar-refractivity contribution in [1.29, 1.82) is 0 Å². The number of fused-ring (bicyclic) bond motifs is 6. The van der Waals surface area contributed by atoms with Gasteiger partial charge in [-0.05, 0) is 63.2 Å². The zero-order valence-electron chi connectivity index (χ0n) is 29.7. The number of rotatable bonds is 5. The summed E-state index contributed by atoms with van der Waals surface area (Å²) >= 11 is 0. The van der Waals surface area contributed by atoms with Crippen molar-refractivity contribution in [2.24, 2.45) is 0 Å². The SMILES string of the molecule is c1ccc(-c2nc(-c3ccc(-c4cccc5c4Oc4cc6c(cc4O5)C(c4ccccc4)(c4ccccc4)c4ccccc4-6)cc3)c3ccccc3n2)cc1. The molecule has 9 aromatic rings. The van der Waals surface area contributed by atoms with Gasteiger partial charge < -0.3 is 9.47 Å². The van der Waals surface area contributed by atoms with Crippen LogP contribution < -0.4 is 9.47 Å². The van der Waals surface area contributed by atoms with Crippen molar-refractivity contribution in [1.82, 2.24) is 9.97 Å². The van der Waals surface area contributed by atoms with Crippen LogP contribution in [0.2, 0.25) is 0 Å². The summed E-state index contributed by atoms with van der Waals surface area (Å²) in [7, 11) is 0. The van der Waals surface area contributed by atoms with Crippen LogP contribution in [0.4, 0.5) is 0 Å². The maximum Gasteiger partial charge on any atom is 0.177 e. The molecule has 8 aromatic carbocycles. The number of hydrogen-bond donors (Lipinski definition) is 0. The third kappa shape index (κ3) is 4.85. The lowest BCUT2D eigenvalue weighted by Crippen LogP contribution is -2.28. The molecule has 11 rings (SSSR count). The van der Waals surface area contributed by atoms with E-state index < -0.39 is 5.41 Å². The van der Waals surface area contributed by atoms with Crippen molar-refractivity contribution in [3.05, 3.63) is 216 Å². The summed E-state index contributed by atoms with van der Waals surface area (Å²) in [4.78, 5) is 9.97. The first-order chi connectivity index (χ1) is 27.3. The maximum absolute atomic E-state index is 6.87. The van der Waals surface area contributed by atoms with E-state index in [1.54, 1.807) is 0 Å². The average Bonchev–Trinajstić information content (AvgIpc) is 3.55. The minimum atomic E-state index is -0.520. The number of hydrogen-bond acceptors (Lipinski definition) is 4. The molecule has 4 nitrogen and oxygen atoms in total. The van der Waals surface area contributed by atoms with Gasteiger partial charge in [-0.1, -0.05) is 170 Å². The minimum absolute atomic E-state index is 0.520. The highest BCUT2D eigenvalue weighted by molar-refractivity contribution is 5.94. The van der Waals surface area contributed by atoms with E-state index in [9.17, 15) is 0 Å². The van der Waals surface area contributed by atoms with Crippen LogP contribution in [0.5, 0.6) is 23.0 Å². The van der Waals surface area contributed by atoms with Gasteiger partial charge in [-0.15, -0.1) is 0 Å². The summed E-state index contributed by atoms with van der Waals surface area (Å²) in [6.45, 7) is 0. The highest BCUT2D eigenvalue weighted by Gasteiger charge is 2.47. The Kier molecular flexibility index (Phi) is 7.04. The van der Waals surface area contributed by atoms with Crippen LogP contribution in [0.1, 0.15) is 22.3 Å². The first-order valence-corrected chi connectivity index (χ1v) is 18.6. The molecule has 0 fully saturated rings. The molecule has 0 spiro atoms. The Morgan fingerprint density at radius 3 is 1.76 bits per heavy atom. The fourth-order valence-electron chi connectivity index (χ4n) is 8.59. The predicted molar refractivity (Wildman–Crippen MR) is 220 cm³/mol. The molecule has 2 heterocycles. The van der Waals surface area contributed by atoms with Crippen LogP contribution in [0.25, 0.3) is 55.8 Å². The summed E-state index contributed by atoms with van der Waals surface area (Å²) < 4.78 is 13.7. The zero-order valence-corrected chi connectivity index (χ0v) is 29.7. The van der Waals surface area contributed by atoms with Gasteiger partial charge in [0.25, 0.3) is 0 Å². The van der Waals surface area contributed by atoms with E-state index in [1.165, 1.54) is 27.8 Å². The summed E-state index contributed by atoms with van der Waals surface area (Å²) in [6.07, 6.45) is 0. The molecular weight excluding hydrogens is 673 g/mol. The Morgan fingerprint density at radius 1 is 0.382 bits per heavy atom. The van der Waals surface area contributed by atoms with E-state index in [2.05, 4.69) is 133 Å². The fourth-order valence-corrected chi connectivity index (χ4v) is 8.59. The van der Waals surface area contributed by atoms with Crippen molar-refractivity contribution >= 4 is 10.9 Å². The van der Waals surface area contributed by atoms with E-state index >= 15 is 0 Å². The molecular formula is C51H32N2O2. The molecule has 2 aliphatic rings. The first kappa shape index (κ1) is 31.2. The molecule has 0 amide bonds. The molecule has 0 saturated heterocycles. The van der Waals surface area contributed by atoms with Crippen LogP contribution in [-0.4, -0.2) is 9.97 Å². The van der Waals surface area contributed by atoms with E-state index in [4.69, 9.17) is 19.4 Å². The first-order valence-electron chi connectivity index (χ1n) is 18.6. The number of para-hydroxylation sites is 2. The monoisotopic (exact) mass is 704 g/mol. The smallest absolute Gasteiger partial charge is 0.177 e. The van der Waals surface area contributed by atoms with Crippen LogP contribution in [-0.2, 0) is 5.41 Å². The predicted octanol–water partition coefficient (Wildman–Crippen LogP) is 12.9. The van der Waals surface area contributed by atoms with Crippen molar-refractivity contribution in [2.45, 2.75) is 5.41 Å². The van der Waals surface area contributed by atoms with Gasteiger partial charge in [0.05, 0.1) is 16.6 Å². The summed E-state index contributed by atoms with van der Waals surface area (Å²) in [6, 6.07) is 67.7. The lowest BCUT2D eigenvalue weighted by molar-refractivity contribution is 0.360. The summed E-state index contributed by atoms with van der Waals surface area (Å²) in [5.74, 6) is 3.49. The molecule has 1 aliphatic carbocycles. The molecule has 4 heteroatoms. The van der Waals surface area contributed by atoms with Gasteiger partial charge in [0.2, 0.25) is 0 Å². The molecule has 0 radical (unpaired) electrons. The molecule has 0 unspecified atom stereocenters. The molecule has 0 saturated carbocycles. The largest absolute Gasteiger partial charge is 0.449 e. The second-order valence-electron chi connectivity index (χ2n) is 14.1. The Hall–Kier alpha value is -7.30. The topological polar surface area (TPSA) is 44.2 Å². The highest BCUT2D eigenvalue weighted by Crippen LogP contribution is 2.60. The van der Waals surface area contributed by atoms with Gasteiger partial charge in [-0.25, -0.2) is 9.97 Å². The molecule has 1 aromatic heterocycles. The standard InChI is InChI=1S/C51H32N2O2/c1-4-15-35(16-5-1)50-52-44-25-13-11-22-40(44)48(53-50)34-29-27-33(28-30-34)38-23-14-26-45-49(38)55-46-31-41-39-21-10-12-24-42(39)51(36-17-6-2-7-18-36,37-19-8-3-9-20-37)43(41)32-47(46)54-45/h1-32H. The van der Waals surface area contributed by atoms with E-state index in [-0.39, 0.29) is 0 Å². The van der Waals surface area contributed by atoms with Gasteiger partial charge in [0.15, 0.2) is 28.8 Å². The molecule has 0 atom stereocenters. The Labute approximate surface area is 319 Å². The maximum atomic E-state index is 6.87. The van der Waals surface area contributed by atoms with Gasteiger partial charge in [0, 0.05) is 22.1 Å². The average molecular weight is 705 g/mol. The highest BCUT2D eigenvalue weighted by atomic mass is 16.6. The van der Waals surface area contributed by atoms with Gasteiger partial charge in [0.1, 0.15) is 0 Å². The normalized spacial score (nSPS) is 13.2. The number of benzene rings is 8. The quantitative estimate of drug-likeness (QED) is 0.179. The number of aromatic nitrogens is 2. The fraction of sp³-hybridized carbons (Fsp3) is 0.0196. The van der Waals surface area contributed by atoms with Crippen molar-refractivity contribution in [2.75, 3.05) is 0 Å². The van der Waals surface area contributed by atoms with E-state index in [1.807, 2.05) is 60.7 Å². The third-order valence-corrected chi connectivity index (χ3v) is 11.0. The van der Waals surface area contributed by atoms with Gasteiger partial charge in [-0.3, -0.25) is 0 Å². The zero-order chi connectivity index (χ0) is 36.3. The second kappa shape index (κ2) is 12.4. The number of nitrogens with zero attached hydrogens (tertiary/aromatic N) is 2. The molecule has 55 heavy (non-hydrogen) atoms. The van der Waals surface area contributed by atoms with Crippen LogP contribution in [0.3, 0.4) is 0 Å². The third-order valence-electron chi connectivity index (χ3n) is 11.0. The van der Waals surface area contributed by atoms with Gasteiger partial charge >= 0.3 is 0 Å². The molecule has 0 N–H and O–H groups in total. The Morgan fingerprint density at radius 2 is 1.00 bits per heavy atom. The Bertz CT molecular complexity index is 2870. The molecule has 258 valence electrons. The minimum Gasteiger partial charge on any atom is -0.449 e. The lowest BCUT2D eigenvalue weighted by atomic mass is 9.67. The van der Waals surface area contributed by atoms with Crippen LogP contribution in [0, 0.1) is 0 Å². The summed E-state index contributed by atoms with van der Waals surface area (Å²) in [5, 5.41) is 1.01. The van der Waals surface area contributed by atoms with E-state index in [0.717, 1.165) is 44.4 Å². The summed E-state index contributed by atoms with van der Waals surface area (Å²) in [5.41, 5.74) is 12.4. The molecule has 1 aliphatic heterocycles.